The van der Waals surface area contributed by atoms with E-state index in [-0.39, 0.29) is 18.2 Å². The second-order valence-corrected chi connectivity index (χ2v) is 5.94. The van der Waals surface area contributed by atoms with Crippen LogP contribution in [0.3, 0.4) is 0 Å². The Hall–Kier alpha value is -2.82. The molecule has 0 spiro atoms. The number of para-hydroxylation sites is 2. The zero-order chi connectivity index (χ0) is 17.3. The minimum atomic E-state index is -0.588. The van der Waals surface area contributed by atoms with Crippen molar-refractivity contribution in [3.05, 3.63) is 53.6 Å². The quantitative estimate of drug-likeness (QED) is 0.878. The van der Waals surface area contributed by atoms with Gasteiger partial charge in [0.05, 0.1) is 24.9 Å². The van der Waals surface area contributed by atoms with Gasteiger partial charge in [0.25, 0.3) is 5.91 Å². The van der Waals surface area contributed by atoms with Crippen LogP contribution in [0, 0.1) is 13.8 Å². The van der Waals surface area contributed by atoms with Crippen LogP contribution >= 0.6 is 0 Å². The highest BCUT2D eigenvalue weighted by atomic mass is 16.5. The molecule has 2 aromatic rings. The molecule has 1 N–H and O–H groups in total. The second kappa shape index (κ2) is 6.35. The number of hydrogen-bond acceptors (Lipinski definition) is 4. The SMILES string of the molecule is COc1ccccc1NC1CC(=O)N(c2ccc(C)c(C)c2)C1=O. The van der Waals surface area contributed by atoms with Crippen molar-refractivity contribution in [2.45, 2.75) is 26.3 Å². The first-order valence-electron chi connectivity index (χ1n) is 7.85. The lowest BCUT2D eigenvalue weighted by Crippen LogP contribution is -2.34. The van der Waals surface area contributed by atoms with Crippen LogP contribution in [0.1, 0.15) is 17.5 Å². The first-order valence-corrected chi connectivity index (χ1v) is 7.85. The summed E-state index contributed by atoms with van der Waals surface area (Å²) in [4.78, 5) is 26.4. The smallest absolute Gasteiger partial charge is 0.256 e. The van der Waals surface area contributed by atoms with Gasteiger partial charge in [-0.15, -0.1) is 0 Å². The highest BCUT2D eigenvalue weighted by Gasteiger charge is 2.39. The fourth-order valence-electron chi connectivity index (χ4n) is 2.83. The molecule has 1 unspecified atom stereocenters. The van der Waals surface area contributed by atoms with Gasteiger partial charge >= 0.3 is 0 Å². The van der Waals surface area contributed by atoms with Crippen molar-refractivity contribution < 1.29 is 14.3 Å². The average molecular weight is 324 g/mol. The van der Waals surface area contributed by atoms with Gasteiger partial charge in [-0.2, -0.15) is 0 Å². The third-order valence-corrected chi connectivity index (χ3v) is 4.33. The predicted molar refractivity (Wildman–Crippen MR) is 93.4 cm³/mol. The molecule has 3 rings (SSSR count). The van der Waals surface area contributed by atoms with Crippen LogP contribution in [-0.2, 0) is 9.59 Å². The second-order valence-electron chi connectivity index (χ2n) is 5.94. The Morgan fingerprint density at radius 2 is 1.83 bits per heavy atom. The van der Waals surface area contributed by atoms with Gasteiger partial charge in [0.1, 0.15) is 11.8 Å². The van der Waals surface area contributed by atoms with E-state index in [9.17, 15) is 9.59 Å². The van der Waals surface area contributed by atoms with E-state index in [1.165, 1.54) is 4.90 Å². The molecule has 1 aliphatic heterocycles. The Morgan fingerprint density at radius 1 is 1.08 bits per heavy atom. The highest BCUT2D eigenvalue weighted by Crippen LogP contribution is 2.29. The number of nitrogens with zero attached hydrogens (tertiary/aromatic N) is 1. The number of nitrogens with one attached hydrogen (secondary N) is 1. The van der Waals surface area contributed by atoms with Crippen molar-refractivity contribution in [1.29, 1.82) is 0 Å². The maximum atomic E-state index is 12.7. The number of ether oxygens (including phenoxy) is 1. The molecule has 2 aromatic carbocycles. The third-order valence-electron chi connectivity index (χ3n) is 4.33. The number of methoxy groups -OCH3 is 1. The van der Waals surface area contributed by atoms with Gasteiger partial charge in [-0.1, -0.05) is 18.2 Å². The average Bonchev–Trinajstić information content (AvgIpc) is 2.85. The van der Waals surface area contributed by atoms with Gasteiger partial charge in [0.15, 0.2) is 0 Å². The summed E-state index contributed by atoms with van der Waals surface area (Å²) in [5.41, 5.74) is 3.50. The third kappa shape index (κ3) is 2.85. The van der Waals surface area contributed by atoms with E-state index in [4.69, 9.17) is 4.74 Å². The molecule has 124 valence electrons. The van der Waals surface area contributed by atoms with Gasteiger partial charge < -0.3 is 10.1 Å². The fourth-order valence-corrected chi connectivity index (χ4v) is 2.83. The van der Waals surface area contributed by atoms with Crippen molar-refractivity contribution in [2.75, 3.05) is 17.3 Å². The maximum absolute atomic E-state index is 12.7. The zero-order valence-corrected chi connectivity index (χ0v) is 14.0. The first-order chi connectivity index (χ1) is 11.5. The van der Waals surface area contributed by atoms with Gasteiger partial charge in [-0.3, -0.25) is 9.59 Å². The molecule has 0 aromatic heterocycles. The van der Waals surface area contributed by atoms with E-state index in [0.717, 1.165) is 11.1 Å². The lowest BCUT2D eigenvalue weighted by Gasteiger charge is -2.18. The molecule has 1 fully saturated rings. The van der Waals surface area contributed by atoms with Gasteiger partial charge in [0.2, 0.25) is 5.91 Å². The number of hydrogen-bond donors (Lipinski definition) is 1. The topological polar surface area (TPSA) is 58.6 Å². The molecule has 0 saturated carbocycles. The molecule has 0 aliphatic carbocycles. The number of aryl methyl sites for hydroxylation is 2. The Labute approximate surface area is 141 Å². The minimum absolute atomic E-state index is 0.129. The Bertz CT molecular complexity index is 801. The van der Waals surface area contributed by atoms with Gasteiger partial charge in [-0.05, 0) is 49.2 Å². The first kappa shape index (κ1) is 16.1. The summed E-state index contributed by atoms with van der Waals surface area (Å²) in [6.07, 6.45) is 0.129. The van der Waals surface area contributed by atoms with E-state index in [2.05, 4.69) is 5.32 Å². The Kier molecular flexibility index (Phi) is 4.25. The van der Waals surface area contributed by atoms with E-state index in [1.54, 1.807) is 7.11 Å². The molecule has 1 saturated heterocycles. The summed E-state index contributed by atoms with van der Waals surface area (Å²) in [5, 5.41) is 3.13. The minimum Gasteiger partial charge on any atom is -0.495 e. The summed E-state index contributed by atoms with van der Waals surface area (Å²) >= 11 is 0. The van der Waals surface area contributed by atoms with Crippen LogP contribution in [0.25, 0.3) is 0 Å². The summed E-state index contributed by atoms with van der Waals surface area (Å²) in [5.74, 6) is 0.201. The summed E-state index contributed by atoms with van der Waals surface area (Å²) in [6, 6.07) is 12.4. The van der Waals surface area contributed by atoms with Gasteiger partial charge in [-0.25, -0.2) is 4.90 Å². The Balaban J connectivity index is 1.85. The predicted octanol–water partition coefficient (Wildman–Crippen LogP) is 3.06. The number of carbonyl (C=O) groups excluding carboxylic acids is 2. The molecule has 1 heterocycles. The molecule has 5 nitrogen and oxygen atoms in total. The number of benzene rings is 2. The van der Waals surface area contributed by atoms with Crippen LogP contribution in [0.15, 0.2) is 42.5 Å². The number of carbonyl (C=O) groups is 2. The van der Waals surface area contributed by atoms with Crippen molar-refractivity contribution in [2.24, 2.45) is 0 Å². The summed E-state index contributed by atoms with van der Waals surface area (Å²) in [7, 11) is 1.57. The number of amides is 2. The molecular formula is C19H20N2O3. The molecule has 24 heavy (non-hydrogen) atoms. The van der Waals surface area contributed by atoms with Crippen LogP contribution in [-0.4, -0.2) is 25.0 Å². The summed E-state index contributed by atoms with van der Waals surface area (Å²) < 4.78 is 5.29. The lowest BCUT2D eigenvalue weighted by molar-refractivity contribution is -0.121. The van der Waals surface area contributed by atoms with Gasteiger partial charge in [0, 0.05) is 0 Å². The Morgan fingerprint density at radius 3 is 2.54 bits per heavy atom. The monoisotopic (exact) mass is 324 g/mol. The van der Waals surface area contributed by atoms with E-state index in [0.29, 0.717) is 17.1 Å². The maximum Gasteiger partial charge on any atom is 0.256 e. The molecule has 0 radical (unpaired) electrons. The van der Waals surface area contributed by atoms with Crippen LogP contribution in [0.5, 0.6) is 5.75 Å². The van der Waals surface area contributed by atoms with E-state index < -0.39 is 6.04 Å². The van der Waals surface area contributed by atoms with E-state index >= 15 is 0 Å². The number of imide groups is 1. The molecule has 2 amide bonds. The van der Waals surface area contributed by atoms with Crippen LogP contribution in [0.4, 0.5) is 11.4 Å². The lowest BCUT2D eigenvalue weighted by atomic mass is 10.1. The van der Waals surface area contributed by atoms with Crippen LogP contribution in [0.2, 0.25) is 0 Å². The number of anilines is 2. The zero-order valence-electron chi connectivity index (χ0n) is 14.0. The van der Waals surface area contributed by atoms with E-state index in [1.807, 2.05) is 56.3 Å². The van der Waals surface area contributed by atoms with Crippen molar-refractivity contribution >= 4 is 23.2 Å². The normalized spacial score (nSPS) is 17.3. The fraction of sp³-hybridized carbons (Fsp3) is 0.263. The van der Waals surface area contributed by atoms with Crippen LogP contribution < -0.4 is 15.0 Å². The van der Waals surface area contributed by atoms with Crippen molar-refractivity contribution in [1.82, 2.24) is 0 Å². The molecule has 5 heteroatoms. The molecule has 0 bridgehead atoms. The molecule has 1 atom stereocenters. The van der Waals surface area contributed by atoms with Crippen molar-refractivity contribution in [3.63, 3.8) is 0 Å². The summed E-state index contributed by atoms with van der Waals surface area (Å²) in [6.45, 7) is 3.97. The molecular weight excluding hydrogens is 304 g/mol. The largest absolute Gasteiger partial charge is 0.495 e. The highest BCUT2D eigenvalue weighted by molar-refractivity contribution is 6.23. The number of rotatable bonds is 4. The molecule has 1 aliphatic rings. The van der Waals surface area contributed by atoms with Crippen molar-refractivity contribution in [3.8, 4) is 5.75 Å². The standard InChI is InChI=1S/C19H20N2O3/c1-12-8-9-14(10-13(12)2)21-18(22)11-16(19(21)23)20-15-6-4-5-7-17(15)24-3/h4-10,16,20H,11H2,1-3H3.